The molecule has 0 aliphatic carbocycles. The molecule has 0 rings (SSSR count). The van der Waals surface area contributed by atoms with Crippen LogP contribution in [0.3, 0.4) is 0 Å². The number of carbonyl (C=O) groups excluding carboxylic acids is 1. The summed E-state index contributed by atoms with van der Waals surface area (Å²) < 4.78 is 33.9. The van der Waals surface area contributed by atoms with Gasteiger partial charge in [0.05, 0.1) is 12.9 Å². The Morgan fingerprint density at radius 3 is 2.39 bits per heavy atom. The third-order valence-electron chi connectivity index (χ3n) is 2.07. The monoisotopic (exact) mass is 283 g/mol. The first-order valence-electron chi connectivity index (χ1n) is 5.12. The van der Waals surface area contributed by atoms with Gasteiger partial charge in [-0.2, -0.15) is 0 Å². The molecule has 0 radical (unpaired) electrons. The maximum Gasteiger partial charge on any atom is 0.334 e. The van der Waals surface area contributed by atoms with Crippen molar-refractivity contribution in [2.24, 2.45) is 0 Å². The zero-order valence-electron chi connectivity index (χ0n) is 10.2. The first kappa shape index (κ1) is 16.8. The fraction of sp³-hybridized carbons (Fsp3) is 0.778. The third-order valence-corrected chi connectivity index (χ3v) is 3.50. The predicted octanol–water partition coefficient (Wildman–Crippen LogP) is -1.04. The van der Waals surface area contributed by atoms with E-state index in [2.05, 4.69) is 14.2 Å². The van der Waals surface area contributed by atoms with E-state index in [0.29, 0.717) is 0 Å². The minimum Gasteiger partial charge on any atom is -0.479 e. The van der Waals surface area contributed by atoms with Crippen molar-refractivity contribution in [1.29, 1.82) is 0 Å². The van der Waals surface area contributed by atoms with E-state index < -0.39 is 28.1 Å². The molecule has 0 aromatic rings. The maximum absolute atomic E-state index is 11.4. The number of carboxylic acid groups (broad SMARTS) is 1. The Kier molecular flexibility index (Phi) is 7.48. The lowest BCUT2D eigenvalue weighted by molar-refractivity contribution is -0.148. The topological polar surface area (TPSA) is 119 Å². The normalized spacial score (nSPS) is 13.0. The van der Waals surface area contributed by atoms with Crippen LogP contribution in [0.5, 0.6) is 0 Å². The molecule has 0 saturated carbocycles. The molecule has 0 heterocycles. The lowest BCUT2D eigenvalue weighted by atomic mass is 10.3. The molecule has 0 bridgehead atoms. The lowest BCUT2D eigenvalue weighted by Gasteiger charge is -2.11. The average Bonchev–Trinajstić information content (AvgIpc) is 2.28. The Bertz CT molecular complexity index is 378. The van der Waals surface area contributed by atoms with Crippen LogP contribution in [0, 0.1) is 0 Å². The molecule has 0 aromatic heterocycles. The molecule has 2 N–H and O–H groups in total. The van der Waals surface area contributed by atoms with Gasteiger partial charge in [0.1, 0.15) is 0 Å². The highest BCUT2D eigenvalue weighted by molar-refractivity contribution is 7.89. The zero-order chi connectivity index (χ0) is 14.2. The van der Waals surface area contributed by atoms with Gasteiger partial charge in [-0.1, -0.05) is 0 Å². The Balaban J connectivity index is 4.08. The Labute approximate surface area is 105 Å². The van der Waals surface area contributed by atoms with Gasteiger partial charge in [0.15, 0.2) is 6.10 Å². The highest BCUT2D eigenvalue weighted by Crippen LogP contribution is 1.97. The molecule has 0 amide bonds. The lowest BCUT2D eigenvalue weighted by Crippen LogP contribution is -2.38. The average molecular weight is 283 g/mol. The molecule has 1 unspecified atom stereocenters. The van der Waals surface area contributed by atoms with Gasteiger partial charge < -0.3 is 14.6 Å². The summed E-state index contributed by atoms with van der Waals surface area (Å²) in [5, 5.41) is 8.63. The van der Waals surface area contributed by atoms with Crippen LogP contribution in [0.4, 0.5) is 0 Å². The standard InChI is InChI=1S/C9H17NO7S/c1-16-7(9(12)13)6-10-18(14,15)5-3-4-8(11)17-2/h7,10H,3-6H2,1-2H3,(H,12,13). The summed E-state index contributed by atoms with van der Waals surface area (Å²) in [6.45, 7) is -0.355. The number of hydrogen-bond acceptors (Lipinski definition) is 6. The van der Waals surface area contributed by atoms with Gasteiger partial charge in [0, 0.05) is 20.1 Å². The van der Waals surface area contributed by atoms with Gasteiger partial charge in [-0.25, -0.2) is 17.9 Å². The SMILES string of the molecule is COC(=O)CCCS(=O)(=O)NCC(OC)C(=O)O. The number of esters is 1. The highest BCUT2D eigenvalue weighted by atomic mass is 32.2. The van der Waals surface area contributed by atoms with Crippen molar-refractivity contribution < 1.29 is 32.6 Å². The summed E-state index contributed by atoms with van der Waals surface area (Å²) in [6.07, 6.45) is -1.14. The molecule has 1 atom stereocenters. The van der Waals surface area contributed by atoms with Crippen LogP contribution in [0.2, 0.25) is 0 Å². The maximum atomic E-state index is 11.4. The molecule has 9 heteroatoms. The number of aliphatic carboxylic acids is 1. The van der Waals surface area contributed by atoms with E-state index in [1.807, 2.05) is 0 Å². The Morgan fingerprint density at radius 2 is 1.94 bits per heavy atom. The Hall–Kier alpha value is -1.19. The van der Waals surface area contributed by atoms with Crippen molar-refractivity contribution in [2.45, 2.75) is 18.9 Å². The third kappa shape index (κ3) is 7.20. The molecule has 0 aliphatic heterocycles. The molecule has 0 aliphatic rings. The first-order chi connectivity index (χ1) is 8.32. The number of nitrogens with one attached hydrogen (secondary N) is 1. The second kappa shape index (κ2) is 8.01. The second-order valence-electron chi connectivity index (χ2n) is 3.41. The van der Waals surface area contributed by atoms with Gasteiger partial charge in [-0.3, -0.25) is 4.79 Å². The molecule has 0 fully saturated rings. The number of sulfonamides is 1. The number of carboxylic acids is 1. The molecule has 0 aromatic carbocycles. The van der Waals surface area contributed by atoms with Crippen molar-refractivity contribution in [3.8, 4) is 0 Å². The largest absolute Gasteiger partial charge is 0.479 e. The van der Waals surface area contributed by atoms with Crippen molar-refractivity contribution >= 4 is 22.0 Å². The molecular weight excluding hydrogens is 266 g/mol. The van der Waals surface area contributed by atoms with Crippen LogP contribution in [0.25, 0.3) is 0 Å². The van der Waals surface area contributed by atoms with Gasteiger partial charge >= 0.3 is 11.9 Å². The summed E-state index contributed by atoms with van der Waals surface area (Å²) in [5.74, 6) is -2.03. The summed E-state index contributed by atoms with van der Waals surface area (Å²) in [7, 11) is -1.24. The van der Waals surface area contributed by atoms with Crippen molar-refractivity contribution in [3.63, 3.8) is 0 Å². The van der Waals surface area contributed by atoms with Crippen LogP contribution >= 0.6 is 0 Å². The predicted molar refractivity (Wildman–Crippen MR) is 61.5 cm³/mol. The summed E-state index contributed by atoms with van der Waals surface area (Å²) in [4.78, 5) is 21.3. The number of methoxy groups -OCH3 is 2. The van der Waals surface area contributed by atoms with Crippen LogP contribution in [0.15, 0.2) is 0 Å². The van der Waals surface area contributed by atoms with Crippen LogP contribution in [-0.4, -0.2) is 58.1 Å². The molecular formula is C9H17NO7S. The van der Waals surface area contributed by atoms with Gasteiger partial charge in [-0.15, -0.1) is 0 Å². The van der Waals surface area contributed by atoms with E-state index in [9.17, 15) is 18.0 Å². The number of carbonyl (C=O) groups is 2. The van der Waals surface area contributed by atoms with E-state index in [-0.39, 0.29) is 25.1 Å². The van der Waals surface area contributed by atoms with Gasteiger partial charge in [0.2, 0.25) is 10.0 Å². The number of hydrogen-bond donors (Lipinski definition) is 2. The fourth-order valence-corrected chi connectivity index (χ4v) is 2.13. The zero-order valence-corrected chi connectivity index (χ0v) is 11.0. The Morgan fingerprint density at radius 1 is 1.33 bits per heavy atom. The fourth-order valence-electron chi connectivity index (χ4n) is 1.05. The van der Waals surface area contributed by atoms with E-state index in [4.69, 9.17) is 5.11 Å². The first-order valence-corrected chi connectivity index (χ1v) is 6.77. The quantitative estimate of drug-likeness (QED) is 0.519. The van der Waals surface area contributed by atoms with E-state index in [1.165, 1.54) is 14.2 Å². The molecule has 0 spiro atoms. The molecule has 18 heavy (non-hydrogen) atoms. The minimum atomic E-state index is -3.63. The van der Waals surface area contributed by atoms with E-state index in [0.717, 1.165) is 0 Å². The smallest absolute Gasteiger partial charge is 0.334 e. The summed E-state index contributed by atoms with van der Waals surface area (Å²) in [5.41, 5.74) is 0. The van der Waals surface area contributed by atoms with E-state index in [1.54, 1.807) is 0 Å². The molecule has 8 nitrogen and oxygen atoms in total. The second-order valence-corrected chi connectivity index (χ2v) is 5.34. The molecule has 0 saturated heterocycles. The minimum absolute atomic E-state index is 0.00987. The van der Waals surface area contributed by atoms with Gasteiger partial charge in [0.25, 0.3) is 0 Å². The number of rotatable bonds is 9. The van der Waals surface area contributed by atoms with Crippen molar-refractivity contribution in [2.75, 3.05) is 26.5 Å². The highest BCUT2D eigenvalue weighted by Gasteiger charge is 2.19. The molecule has 106 valence electrons. The summed E-state index contributed by atoms with van der Waals surface area (Å²) >= 11 is 0. The van der Waals surface area contributed by atoms with Crippen molar-refractivity contribution in [3.05, 3.63) is 0 Å². The van der Waals surface area contributed by atoms with Crippen LogP contribution < -0.4 is 4.72 Å². The van der Waals surface area contributed by atoms with Crippen molar-refractivity contribution in [1.82, 2.24) is 4.72 Å². The van der Waals surface area contributed by atoms with E-state index >= 15 is 0 Å². The number of ether oxygens (including phenoxy) is 2. The van der Waals surface area contributed by atoms with Crippen LogP contribution in [-0.2, 0) is 29.1 Å². The summed E-state index contributed by atoms with van der Waals surface area (Å²) in [6, 6.07) is 0. The van der Waals surface area contributed by atoms with Gasteiger partial charge in [-0.05, 0) is 6.42 Å². The van der Waals surface area contributed by atoms with Crippen LogP contribution in [0.1, 0.15) is 12.8 Å².